The summed E-state index contributed by atoms with van der Waals surface area (Å²) in [6.45, 7) is 1.87. The number of hydrogen-bond acceptors (Lipinski definition) is 4. The van der Waals surface area contributed by atoms with Gasteiger partial charge in [0.1, 0.15) is 6.61 Å². The highest BCUT2D eigenvalue weighted by molar-refractivity contribution is 7.93. The molecule has 0 saturated carbocycles. The summed E-state index contributed by atoms with van der Waals surface area (Å²) in [5.74, 6) is 0. The minimum Gasteiger partial charge on any atom is -0.391 e. The summed E-state index contributed by atoms with van der Waals surface area (Å²) in [5, 5.41) is 3.51. The number of anilines is 1. The monoisotopic (exact) mass is 522 g/mol. The highest BCUT2D eigenvalue weighted by Gasteiger charge is 2.46. The van der Waals surface area contributed by atoms with Gasteiger partial charge in [0, 0.05) is 5.56 Å². The first-order valence-corrected chi connectivity index (χ1v) is 10.4. The molecule has 15 heteroatoms. The van der Waals surface area contributed by atoms with Crippen molar-refractivity contribution in [3.63, 3.8) is 0 Å². The van der Waals surface area contributed by atoms with Gasteiger partial charge >= 0.3 is 27.9 Å². The fraction of sp³-hybridized carbons (Fsp3) is 0.316. The van der Waals surface area contributed by atoms with Crippen LogP contribution in [-0.4, -0.2) is 19.6 Å². The predicted octanol–water partition coefficient (Wildman–Crippen LogP) is 6.23. The second-order valence-electron chi connectivity index (χ2n) is 6.96. The Bertz CT molecular complexity index is 1150. The Morgan fingerprint density at radius 3 is 1.91 bits per heavy atom. The van der Waals surface area contributed by atoms with Crippen LogP contribution in [0.4, 0.5) is 45.2 Å². The minimum absolute atomic E-state index is 0.0657. The van der Waals surface area contributed by atoms with E-state index in [1.165, 1.54) is 30.7 Å². The van der Waals surface area contributed by atoms with Gasteiger partial charge in [-0.05, 0) is 49.7 Å². The molecule has 0 aliphatic carbocycles. The van der Waals surface area contributed by atoms with Crippen molar-refractivity contribution in [2.45, 2.75) is 38.3 Å². The van der Waals surface area contributed by atoms with Crippen LogP contribution in [0.15, 0.2) is 41.6 Å². The standard InChI is InChI=1S/C19H15F9N2O3S/c1-10-3-4-16(30-34(31,32)19(26,27)28)15(5-10)11(2)29-33-9-12-6-13(17(20,21)22)8-14(7-12)18(23,24)25/h3-8,30H,9H2,1-2H3/b29-11+. The van der Waals surface area contributed by atoms with Crippen LogP contribution >= 0.6 is 0 Å². The average Bonchev–Trinajstić information content (AvgIpc) is 2.66. The lowest BCUT2D eigenvalue weighted by Gasteiger charge is -2.15. The van der Waals surface area contributed by atoms with Gasteiger partial charge in [-0.1, -0.05) is 16.8 Å². The first-order chi connectivity index (χ1) is 15.3. The van der Waals surface area contributed by atoms with E-state index in [1.54, 1.807) is 0 Å². The minimum atomic E-state index is -5.78. The van der Waals surface area contributed by atoms with Gasteiger partial charge in [-0.25, -0.2) is 0 Å². The Kier molecular flexibility index (Phi) is 7.50. The number of alkyl halides is 9. The Morgan fingerprint density at radius 1 is 0.912 bits per heavy atom. The molecule has 0 aliphatic heterocycles. The SMILES string of the molecule is C/C(=N\OCc1cc(C(F)(F)F)cc(C(F)(F)F)c1)c1cc(C)ccc1NS(=O)(=O)C(F)(F)F. The van der Waals surface area contributed by atoms with Crippen molar-refractivity contribution in [3.05, 3.63) is 64.2 Å². The van der Waals surface area contributed by atoms with Crippen molar-refractivity contribution >= 4 is 21.4 Å². The van der Waals surface area contributed by atoms with E-state index < -0.39 is 56.9 Å². The molecule has 0 aromatic heterocycles. The molecular formula is C19H15F9N2O3S. The number of benzene rings is 2. The quantitative estimate of drug-likeness (QED) is 0.278. The smallest absolute Gasteiger partial charge is 0.391 e. The van der Waals surface area contributed by atoms with Gasteiger partial charge in [0.05, 0.1) is 22.5 Å². The van der Waals surface area contributed by atoms with Crippen LogP contribution in [0.1, 0.15) is 34.7 Å². The molecular weight excluding hydrogens is 507 g/mol. The van der Waals surface area contributed by atoms with E-state index in [2.05, 4.69) is 5.16 Å². The van der Waals surface area contributed by atoms with Gasteiger partial charge in [-0.15, -0.1) is 0 Å². The maximum absolute atomic E-state index is 12.9. The third-order valence-electron chi connectivity index (χ3n) is 4.19. The van der Waals surface area contributed by atoms with Gasteiger partial charge < -0.3 is 4.84 Å². The lowest BCUT2D eigenvalue weighted by molar-refractivity contribution is -0.143. The summed E-state index contributed by atoms with van der Waals surface area (Å²) in [7, 11) is -5.78. The second-order valence-corrected chi connectivity index (χ2v) is 8.64. The molecule has 0 spiro atoms. The van der Waals surface area contributed by atoms with Crippen LogP contribution in [0.2, 0.25) is 0 Å². The van der Waals surface area contributed by atoms with Crippen LogP contribution in [0, 0.1) is 6.92 Å². The fourth-order valence-electron chi connectivity index (χ4n) is 2.60. The number of halogens is 9. The molecule has 2 rings (SSSR count). The lowest BCUT2D eigenvalue weighted by atomic mass is 10.1. The van der Waals surface area contributed by atoms with Gasteiger partial charge in [0.25, 0.3) is 0 Å². The van der Waals surface area contributed by atoms with Crippen LogP contribution in [0.5, 0.6) is 0 Å². The molecule has 0 fully saturated rings. The van der Waals surface area contributed by atoms with Gasteiger partial charge in [-0.2, -0.15) is 47.9 Å². The first kappa shape index (κ1) is 27.3. The van der Waals surface area contributed by atoms with Crippen LogP contribution in [-0.2, 0) is 33.8 Å². The molecule has 0 unspecified atom stereocenters. The summed E-state index contributed by atoms with van der Waals surface area (Å²) >= 11 is 0. The Balaban J connectivity index is 2.34. The number of aryl methyl sites for hydroxylation is 1. The number of nitrogens with zero attached hydrogens (tertiary/aromatic N) is 1. The van der Waals surface area contributed by atoms with Crippen molar-refractivity contribution in [1.82, 2.24) is 0 Å². The van der Waals surface area contributed by atoms with Gasteiger partial charge in [0.15, 0.2) is 0 Å². The molecule has 0 aliphatic rings. The Labute approximate surface area is 187 Å². The maximum atomic E-state index is 12.9. The molecule has 0 radical (unpaired) electrons. The van der Waals surface area contributed by atoms with E-state index in [1.807, 2.05) is 0 Å². The third-order valence-corrected chi connectivity index (χ3v) is 5.29. The molecule has 34 heavy (non-hydrogen) atoms. The summed E-state index contributed by atoms with van der Waals surface area (Å²) in [6, 6.07) is 4.36. The summed E-state index contributed by atoms with van der Waals surface area (Å²) in [4.78, 5) is 4.82. The summed E-state index contributed by atoms with van der Waals surface area (Å²) < 4.78 is 140. The number of rotatable bonds is 6. The molecule has 2 aromatic rings. The molecule has 0 amide bonds. The Morgan fingerprint density at radius 2 is 1.44 bits per heavy atom. The van der Waals surface area contributed by atoms with Crippen molar-refractivity contribution in [3.8, 4) is 0 Å². The van der Waals surface area contributed by atoms with Crippen molar-refractivity contribution in [2.75, 3.05) is 4.72 Å². The summed E-state index contributed by atoms with van der Waals surface area (Å²) in [5.41, 5.74) is -9.68. The van der Waals surface area contributed by atoms with Crippen LogP contribution < -0.4 is 4.72 Å². The van der Waals surface area contributed by atoms with E-state index in [4.69, 9.17) is 4.84 Å². The number of hydrogen-bond donors (Lipinski definition) is 1. The first-order valence-electron chi connectivity index (χ1n) is 8.96. The second kappa shape index (κ2) is 9.35. The predicted molar refractivity (Wildman–Crippen MR) is 103 cm³/mol. The highest BCUT2D eigenvalue weighted by Crippen LogP contribution is 2.36. The zero-order valence-corrected chi connectivity index (χ0v) is 18.0. The zero-order valence-electron chi connectivity index (χ0n) is 17.2. The number of nitrogens with one attached hydrogen (secondary N) is 1. The average molecular weight is 522 g/mol. The Hall–Kier alpha value is -2.97. The number of oxime groups is 1. The normalized spacial score (nSPS) is 13.7. The largest absolute Gasteiger partial charge is 0.516 e. The van der Waals surface area contributed by atoms with E-state index in [9.17, 15) is 47.9 Å². The molecule has 2 aromatic carbocycles. The number of sulfonamides is 1. The van der Waals surface area contributed by atoms with Crippen molar-refractivity contribution in [1.29, 1.82) is 0 Å². The molecule has 0 bridgehead atoms. The topological polar surface area (TPSA) is 67.8 Å². The maximum Gasteiger partial charge on any atom is 0.516 e. The summed E-state index contributed by atoms with van der Waals surface area (Å²) in [6.07, 6.45) is -10.1. The highest BCUT2D eigenvalue weighted by atomic mass is 32.2. The molecule has 0 atom stereocenters. The fourth-order valence-corrected chi connectivity index (χ4v) is 3.19. The lowest BCUT2D eigenvalue weighted by Crippen LogP contribution is -2.30. The van der Waals surface area contributed by atoms with Crippen LogP contribution in [0.25, 0.3) is 0 Å². The van der Waals surface area contributed by atoms with E-state index in [-0.39, 0.29) is 17.3 Å². The van der Waals surface area contributed by atoms with Gasteiger partial charge in [-0.3, -0.25) is 4.72 Å². The molecule has 0 saturated heterocycles. The van der Waals surface area contributed by atoms with Crippen molar-refractivity contribution < 1.29 is 52.8 Å². The molecule has 0 heterocycles. The third kappa shape index (κ3) is 6.77. The van der Waals surface area contributed by atoms with E-state index in [0.29, 0.717) is 17.7 Å². The zero-order chi connectivity index (χ0) is 26.1. The molecule has 188 valence electrons. The molecule has 5 nitrogen and oxygen atoms in total. The van der Waals surface area contributed by atoms with E-state index >= 15 is 0 Å². The van der Waals surface area contributed by atoms with E-state index in [0.717, 1.165) is 6.07 Å². The van der Waals surface area contributed by atoms with Crippen LogP contribution in [0.3, 0.4) is 0 Å². The van der Waals surface area contributed by atoms with Gasteiger partial charge in [0.2, 0.25) is 0 Å². The molecule has 1 N–H and O–H groups in total. The van der Waals surface area contributed by atoms with Crippen molar-refractivity contribution in [2.24, 2.45) is 5.16 Å².